The van der Waals surface area contributed by atoms with Crippen LogP contribution in [0.5, 0.6) is 0 Å². The molecule has 0 aliphatic carbocycles. The van der Waals surface area contributed by atoms with Gasteiger partial charge in [-0.15, -0.1) is 5.92 Å². The maximum absolute atomic E-state index is 12.2. The molecule has 0 saturated heterocycles. The summed E-state index contributed by atoms with van der Waals surface area (Å²) in [5.41, 5.74) is 5.97. The molecule has 7 nitrogen and oxygen atoms in total. The molecule has 0 unspecified atom stereocenters. The second kappa shape index (κ2) is 8.04. The molecule has 0 amide bonds. The van der Waals surface area contributed by atoms with Gasteiger partial charge in [0.1, 0.15) is 11.5 Å². The van der Waals surface area contributed by atoms with Crippen LogP contribution in [0.3, 0.4) is 0 Å². The van der Waals surface area contributed by atoms with Crippen molar-refractivity contribution in [1.29, 1.82) is 0 Å². The van der Waals surface area contributed by atoms with Crippen LogP contribution in [0.15, 0.2) is 39.9 Å². The van der Waals surface area contributed by atoms with Crippen molar-refractivity contribution in [3.8, 4) is 11.8 Å². The molecule has 0 radical (unpaired) electrons. The highest BCUT2D eigenvalue weighted by molar-refractivity contribution is 5.63. The fourth-order valence-corrected chi connectivity index (χ4v) is 2.37. The third-order valence-electron chi connectivity index (χ3n) is 3.53. The summed E-state index contributed by atoms with van der Waals surface area (Å²) in [6.45, 7) is 2.17. The van der Waals surface area contributed by atoms with Crippen molar-refractivity contribution in [3.63, 3.8) is 0 Å². The standard InChI is InChI=1S/C17H20N4O3/c1-2-3-9-20(10-11-22)14-15(18)21(17(24)19-16(14)23)12-13-7-5-4-6-8-13/h4-8,22H,9-12,18H2,1H3,(H,19,23,24). The predicted molar refractivity (Wildman–Crippen MR) is 94.0 cm³/mol. The van der Waals surface area contributed by atoms with Crippen molar-refractivity contribution < 1.29 is 5.11 Å². The number of nitrogen functional groups attached to an aromatic ring is 1. The largest absolute Gasteiger partial charge is 0.395 e. The minimum atomic E-state index is -0.590. The number of anilines is 2. The Hall–Kier alpha value is -2.98. The van der Waals surface area contributed by atoms with Gasteiger partial charge in [0.05, 0.1) is 19.7 Å². The number of aromatic nitrogens is 2. The van der Waals surface area contributed by atoms with Crippen LogP contribution in [-0.4, -0.2) is 34.4 Å². The molecule has 0 aliphatic rings. The van der Waals surface area contributed by atoms with Crippen LogP contribution in [0.4, 0.5) is 11.5 Å². The van der Waals surface area contributed by atoms with E-state index >= 15 is 0 Å². The summed E-state index contributed by atoms with van der Waals surface area (Å²) in [4.78, 5) is 28.2. The van der Waals surface area contributed by atoms with E-state index in [9.17, 15) is 14.7 Å². The Morgan fingerprint density at radius 3 is 2.62 bits per heavy atom. The van der Waals surface area contributed by atoms with Gasteiger partial charge in [-0.1, -0.05) is 36.3 Å². The summed E-state index contributed by atoms with van der Waals surface area (Å²) in [5, 5.41) is 9.23. The zero-order chi connectivity index (χ0) is 17.5. The highest BCUT2D eigenvalue weighted by Crippen LogP contribution is 2.17. The molecule has 0 atom stereocenters. The molecule has 0 aliphatic heterocycles. The van der Waals surface area contributed by atoms with Crippen LogP contribution < -0.4 is 21.9 Å². The molecule has 1 aromatic heterocycles. The first-order chi connectivity index (χ1) is 11.6. The van der Waals surface area contributed by atoms with Crippen molar-refractivity contribution in [2.24, 2.45) is 0 Å². The zero-order valence-corrected chi connectivity index (χ0v) is 13.5. The minimum Gasteiger partial charge on any atom is -0.395 e. The van der Waals surface area contributed by atoms with Crippen LogP contribution in [0.25, 0.3) is 0 Å². The van der Waals surface area contributed by atoms with Crippen LogP contribution in [-0.2, 0) is 6.54 Å². The van der Waals surface area contributed by atoms with Gasteiger partial charge in [0.2, 0.25) is 0 Å². The van der Waals surface area contributed by atoms with Gasteiger partial charge in [-0.2, -0.15) is 0 Å². The van der Waals surface area contributed by atoms with Crippen molar-refractivity contribution in [2.75, 3.05) is 30.3 Å². The molecular formula is C17H20N4O3. The third-order valence-corrected chi connectivity index (χ3v) is 3.53. The second-order valence-electron chi connectivity index (χ2n) is 5.14. The Labute approximate surface area is 139 Å². The Kier molecular flexibility index (Phi) is 5.82. The molecule has 126 valence electrons. The van der Waals surface area contributed by atoms with E-state index in [0.29, 0.717) is 0 Å². The SMILES string of the molecule is CC#CCN(CCO)c1c(N)n(Cc2ccccc2)c(=O)[nH]c1=O. The number of aliphatic hydroxyl groups is 1. The highest BCUT2D eigenvalue weighted by Gasteiger charge is 2.18. The topological polar surface area (TPSA) is 104 Å². The fraction of sp³-hybridized carbons (Fsp3) is 0.294. The highest BCUT2D eigenvalue weighted by atomic mass is 16.3. The van der Waals surface area contributed by atoms with E-state index in [1.807, 2.05) is 30.3 Å². The number of nitrogens with zero attached hydrogens (tertiary/aromatic N) is 2. The minimum absolute atomic E-state index is 0.0546. The molecule has 0 fully saturated rings. The number of aromatic amines is 1. The van der Waals surface area contributed by atoms with Gasteiger partial charge in [-0.3, -0.25) is 14.3 Å². The summed E-state index contributed by atoms with van der Waals surface area (Å²) < 4.78 is 1.30. The van der Waals surface area contributed by atoms with Crippen molar-refractivity contribution in [1.82, 2.24) is 9.55 Å². The number of hydrogen-bond acceptors (Lipinski definition) is 5. The summed E-state index contributed by atoms with van der Waals surface area (Å²) in [6, 6.07) is 9.33. The lowest BCUT2D eigenvalue weighted by Gasteiger charge is -2.23. The number of nitrogens with one attached hydrogen (secondary N) is 1. The molecule has 1 heterocycles. The zero-order valence-electron chi connectivity index (χ0n) is 13.5. The summed E-state index contributed by atoms with van der Waals surface area (Å²) in [5.74, 6) is 5.63. The van der Waals surface area contributed by atoms with Crippen molar-refractivity contribution in [2.45, 2.75) is 13.5 Å². The van der Waals surface area contributed by atoms with Gasteiger partial charge < -0.3 is 15.7 Å². The first kappa shape index (κ1) is 17.4. The van der Waals surface area contributed by atoms with Gasteiger partial charge >= 0.3 is 5.69 Å². The smallest absolute Gasteiger partial charge is 0.330 e. The number of H-pyrrole nitrogens is 1. The Morgan fingerprint density at radius 2 is 2.00 bits per heavy atom. The van der Waals surface area contributed by atoms with Crippen LogP contribution in [0.1, 0.15) is 12.5 Å². The van der Waals surface area contributed by atoms with E-state index in [2.05, 4.69) is 16.8 Å². The average Bonchev–Trinajstić information content (AvgIpc) is 2.57. The van der Waals surface area contributed by atoms with E-state index in [-0.39, 0.29) is 37.7 Å². The summed E-state index contributed by atoms with van der Waals surface area (Å²) in [7, 11) is 0. The first-order valence-corrected chi connectivity index (χ1v) is 7.50. The van der Waals surface area contributed by atoms with Crippen LogP contribution in [0, 0.1) is 11.8 Å². The Balaban J connectivity index is 2.51. The Bertz CT molecular complexity index is 859. The lowest BCUT2D eigenvalue weighted by molar-refractivity contribution is 0.303. The maximum Gasteiger partial charge on any atom is 0.330 e. The number of benzene rings is 1. The first-order valence-electron chi connectivity index (χ1n) is 7.50. The molecule has 7 heteroatoms. The normalized spacial score (nSPS) is 10.1. The molecule has 1 aromatic carbocycles. The van der Waals surface area contributed by atoms with E-state index < -0.39 is 11.2 Å². The lowest BCUT2D eigenvalue weighted by Crippen LogP contribution is -2.39. The maximum atomic E-state index is 12.2. The summed E-state index contributed by atoms with van der Waals surface area (Å²) >= 11 is 0. The monoisotopic (exact) mass is 328 g/mol. The number of hydrogen-bond donors (Lipinski definition) is 3. The summed E-state index contributed by atoms with van der Waals surface area (Å²) in [6.07, 6.45) is 0. The number of rotatable bonds is 6. The molecule has 0 spiro atoms. The Morgan fingerprint density at radius 1 is 1.29 bits per heavy atom. The van der Waals surface area contributed by atoms with Gasteiger partial charge in [0.25, 0.3) is 5.56 Å². The molecule has 0 bridgehead atoms. The fourth-order valence-electron chi connectivity index (χ4n) is 2.37. The molecule has 2 rings (SSSR count). The second-order valence-corrected chi connectivity index (χ2v) is 5.14. The number of nitrogens with two attached hydrogens (primary N) is 1. The van der Waals surface area contributed by atoms with E-state index in [0.717, 1.165) is 5.56 Å². The lowest BCUT2D eigenvalue weighted by atomic mass is 10.2. The van der Waals surface area contributed by atoms with Gasteiger partial charge in [0, 0.05) is 6.54 Å². The molecule has 24 heavy (non-hydrogen) atoms. The van der Waals surface area contributed by atoms with Crippen LogP contribution >= 0.6 is 0 Å². The third kappa shape index (κ3) is 3.86. The number of aliphatic hydroxyl groups excluding tert-OH is 1. The van der Waals surface area contributed by atoms with Crippen molar-refractivity contribution in [3.05, 3.63) is 56.7 Å². The van der Waals surface area contributed by atoms with Crippen LogP contribution in [0.2, 0.25) is 0 Å². The predicted octanol–water partition coefficient (Wildman–Crippen LogP) is -0.0109. The molecule has 4 N–H and O–H groups in total. The van der Waals surface area contributed by atoms with Crippen molar-refractivity contribution >= 4 is 11.5 Å². The van der Waals surface area contributed by atoms with E-state index in [1.54, 1.807) is 11.8 Å². The van der Waals surface area contributed by atoms with E-state index in [1.165, 1.54) is 4.57 Å². The molecular weight excluding hydrogens is 308 g/mol. The van der Waals surface area contributed by atoms with Gasteiger partial charge in [0.15, 0.2) is 0 Å². The van der Waals surface area contributed by atoms with Gasteiger partial charge in [-0.25, -0.2) is 4.79 Å². The molecule has 2 aromatic rings. The quantitative estimate of drug-likeness (QED) is 0.647. The van der Waals surface area contributed by atoms with Gasteiger partial charge in [-0.05, 0) is 12.5 Å². The average molecular weight is 328 g/mol. The molecule has 0 saturated carbocycles. The van der Waals surface area contributed by atoms with E-state index in [4.69, 9.17) is 5.73 Å².